The van der Waals surface area contributed by atoms with Crippen molar-refractivity contribution in [1.29, 1.82) is 0 Å². The van der Waals surface area contributed by atoms with Crippen LogP contribution in [0.3, 0.4) is 0 Å². The molecule has 0 atom stereocenters. The van der Waals surface area contributed by atoms with Gasteiger partial charge in [-0.2, -0.15) is 0 Å². The molecule has 1 saturated heterocycles. The van der Waals surface area contributed by atoms with Crippen LogP contribution in [-0.2, 0) is 39.1 Å². The van der Waals surface area contributed by atoms with Gasteiger partial charge in [0.25, 0.3) is 0 Å². The van der Waals surface area contributed by atoms with Crippen molar-refractivity contribution in [2.24, 2.45) is 0 Å². The zero-order valence-corrected chi connectivity index (χ0v) is 18.8. The van der Waals surface area contributed by atoms with Crippen molar-refractivity contribution in [2.45, 2.75) is 39.3 Å². The molecule has 0 aliphatic carbocycles. The minimum atomic E-state index is -3.61. The number of nitrogens with zero attached hydrogens (tertiary/aromatic N) is 2. The van der Waals surface area contributed by atoms with Crippen molar-refractivity contribution in [3.05, 3.63) is 65.2 Å². The summed E-state index contributed by atoms with van der Waals surface area (Å²) in [6.45, 7) is 3.38. The molecule has 1 aliphatic heterocycles. The molecule has 0 aromatic heterocycles. The summed E-state index contributed by atoms with van der Waals surface area (Å²) in [5.41, 5.74) is 3.35. The molecule has 2 aromatic carbocycles. The molecular weight excluding hydrogens is 414 g/mol. The van der Waals surface area contributed by atoms with Gasteiger partial charge in [-0.1, -0.05) is 49.4 Å². The molecule has 0 saturated carbocycles. The first kappa shape index (κ1) is 22.8. The van der Waals surface area contributed by atoms with E-state index in [1.165, 1.54) is 0 Å². The van der Waals surface area contributed by atoms with Gasteiger partial charge in [0.05, 0.1) is 11.9 Å². The van der Waals surface area contributed by atoms with Crippen LogP contribution in [0.25, 0.3) is 0 Å². The van der Waals surface area contributed by atoms with Gasteiger partial charge < -0.3 is 10.2 Å². The van der Waals surface area contributed by atoms with Crippen molar-refractivity contribution >= 4 is 27.5 Å². The maximum Gasteiger partial charge on any atom is 0.241 e. The van der Waals surface area contributed by atoms with Crippen molar-refractivity contribution < 1.29 is 18.0 Å². The number of anilines is 1. The van der Waals surface area contributed by atoms with Crippen LogP contribution in [-0.4, -0.2) is 44.5 Å². The monoisotopic (exact) mass is 443 g/mol. The van der Waals surface area contributed by atoms with Gasteiger partial charge in [-0.05, 0) is 35.6 Å². The lowest BCUT2D eigenvalue weighted by molar-refractivity contribution is -0.128. The average molecular weight is 444 g/mol. The molecule has 31 heavy (non-hydrogen) atoms. The first-order valence-corrected chi connectivity index (χ1v) is 12.3. The zero-order valence-electron chi connectivity index (χ0n) is 18.0. The number of hydrogen-bond donors (Lipinski definition) is 1. The van der Waals surface area contributed by atoms with Crippen LogP contribution in [0.1, 0.15) is 36.5 Å². The van der Waals surface area contributed by atoms with Gasteiger partial charge in [0.1, 0.15) is 6.54 Å². The smallest absolute Gasteiger partial charge is 0.241 e. The highest BCUT2D eigenvalue weighted by molar-refractivity contribution is 7.92. The topological polar surface area (TPSA) is 86.8 Å². The standard InChI is InChI=1S/C23H29N3O4S/c1-3-20-7-4-5-8-21(20)26(31(2,29)30)17-22(27)24-15-18-10-12-19(13-11-18)16-25-14-6-9-23(25)28/h4-5,7-8,10-13H,3,6,9,14-17H2,1-2H3,(H,24,27). The summed E-state index contributed by atoms with van der Waals surface area (Å²) in [6.07, 6.45) is 3.31. The summed E-state index contributed by atoms with van der Waals surface area (Å²) in [4.78, 5) is 26.1. The molecule has 1 aliphatic rings. The fourth-order valence-corrected chi connectivity index (χ4v) is 4.56. The van der Waals surface area contributed by atoms with Gasteiger partial charge in [-0.15, -0.1) is 0 Å². The quantitative estimate of drug-likeness (QED) is 0.645. The summed E-state index contributed by atoms with van der Waals surface area (Å²) in [6, 6.07) is 14.9. The number of benzene rings is 2. The number of amides is 2. The Morgan fingerprint density at radius 1 is 1.10 bits per heavy atom. The van der Waals surface area contributed by atoms with Gasteiger partial charge in [0, 0.05) is 26.1 Å². The Hall–Kier alpha value is -2.87. The molecule has 2 aromatic rings. The number of hydrogen-bond acceptors (Lipinski definition) is 4. The van der Waals surface area contributed by atoms with E-state index in [0.717, 1.165) is 40.2 Å². The van der Waals surface area contributed by atoms with E-state index in [9.17, 15) is 18.0 Å². The molecule has 0 radical (unpaired) electrons. The fraction of sp³-hybridized carbons (Fsp3) is 0.391. The minimum Gasteiger partial charge on any atom is -0.350 e. The molecule has 7 nitrogen and oxygen atoms in total. The number of likely N-dealkylation sites (tertiary alicyclic amines) is 1. The lowest BCUT2D eigenvalue weighted by Gasteiger charge is -2.24. The maximum atomic E-state index is 12.5. The molecule has 0 bridgehead atoms. The molecule has 3 rings (SSSR count). The maximum absolute atomic E-state index is 12.5. The van der Waals surface area contributed by atoms with Gasteiger partial charge in [-0.3, -0.25) is 13.9 Å². The van der Waals surface area contributed by atoms with Crippen LogP contribution < -0.4 is 9.62 Å². The fourth-order valence-electron chi connectivity index (χ4n) is 3.68. The first-order valence-electron chi connectivity index (χ1n) is 10.5. The Morgan fingerprint density at radius 3 is 2.39 bits per heavy atom. The zero-order chi connectivity index (χ0) is 22.4. The molecular formula is C23H29N3O4S. The molecule has 1 N–H and O–H groups in total. The van der Waals surface area contributed by atoms with Crippen LogP contribution in [0.15, 0.2) is 48.5 Å². The van der Waals surface area contributed by atoms with Crippen LogP contribution in [0.5, 0.6) is 0 Å². The largest absolute Gasteiger partial charge is 0.350 e. The molecule has 8 heteroatoms. The lowest BCUT2D eigenvalue weighted by atomic mass is 10.1. The second kappa shape index (κ2) is 9.96. The summed E-state index contributed by atoms with van der Waals surface area (Å²) >= 11 is 0. The number of nitrogens with one attached hydrogen (secondary N) is 1. The lowest BCUT2D eigenvalue weighted by Crippen LogP contribution is -2.40. The summed E-state index contributed by atoms with van der Waals surface area (Å²) < 4.78 is 25.8. The summed E-state index contributed by atoms with van der Waals surface area (Å²) in [7, 11) is -3.61. The van der Waals surface area contributed by atoms with Gasteiger partial charge in [-0.25, -0.2) is 8.42 Å². The summed E-state index contributed by atoms with van der Waals surface area (Å²) in [5, 5.41) is 2.80. The third-order valence-corrected chi connectivity index (χ3v) is 6.51. The SMILES string of the molecule is CCc1ccccc1N(CC(=O)NCc1ccc(CN2CCCC2=O)cc1)S(C)(=O)=O. The third-order valence-electron chi connectivity index (χ3n) is 5.39. The average Bonchev–Trinajstić information content (AvgIpc) is 3.15. The number of carbonyl (C=O) groups excluding carboxylic acids is 2. The van der Waals surface area contributed by atoms with Crippen molar-refractivity contribution in [3.63, 3.8) is 0 Å². The Bertz CT molecular complexity index is 1040. The van der Waals surface area contributed by atoms with Gasteiger partial charge in [0.15, 0.2) is 0 Å². The number of para-hydroxylation sites is 1. The minimum absolute atomic E-state index is 0.191. The number of sulfonamides is 1. The molecule has 2 amide bonds. The third kappa shape index (κ3) is 6.07. The molecule has 166 valence electrons. The van der Waals surface area contributed by atoms with E-state index in [4.69, 9.17) is 0 Å². The van der Waals surface area contributed by atoms with E-state index < -0.39 is 10.0 Å². The number of aryl methyl sites for hydroxylation is 1. The summed E-state index contributed by atoms with van der Waals surface area (Å²) in [5.74, 6) is -0.181. The van der Waals surface area contributed by atoms with E-state index in [2.05, 4.69) is 5.32 Å². The Kier molecular flexibility index (Phi) is 7.33. The van der Waals surface area contributed by atoms with Crippen LogP contribution in [0, 0.1) is 0 Å². The molecule has 1 heterocycles. The Labute approximate surface area is 184 Å². The van der Waals surface area contributed by atoms with Crippen molar-refractivity contribution in [3.8, 4) is 0 Å². The Morgan fingerprint density at radius 2 is 1.77 bits per heavy atom. The highest BCUT2D eigenvalue weighted by Crippen LogP contribution is 2.23. The highest BCUT2D eigenvalue weighted by Gasteiger charge is 2.23. The predicted molar refractivity (Wildman–Crippen MR) is 121 cm³/mol. The van der Waals surface area contributed by atoms with E-state index >= 15 is 0 Å². The number of carbonyl (C=O) groups is 2. The molecule has 0 unspecified atom stereocenters. The van der Waals surface area contributed by atoms with Gasteiger partial charge >= 0.3 is 0 Å². The van der Waals surface area contributed by atoms with E-state index in [0.29, 0.717) is 31.6 Å². The van der Waals surface area contributed by atoms with Gasteiger partial charge in [0.2, 0.25) is 21.8 Å². The molecule has 0 spiro atoms. The van der Waals surface area contributed by atoms with Crippen LogP contribution in [0.2, 0.25) is 0 Å². The second-order valence-corrected chi connectivity index (χ2v) is 9.67. The van der Waals surface area contributed by atoms with Crippen molar-refractivity contribution in [2.75, 3.05) is 23.7 Å². The van der Waals surface area contributed by atoms with Crippen LogP contribution in [0.4, 0.5) is 5.69 Å². The highest BCUT2D eigenvalue weighted by atomic mass is 32.2. The normalized spacial score (nSPS) is 14.0. The van der Waals surface area contributed by atoms with E-state index in [1.807, 2.05) is 48.2 Å². The van der Waals surface area contributed by atoms with Crippen LogP contribution >= 0.6 is 0 Å². The number of rotatable bonds is 9. The molecule has 1 fully saturated rings. The second-order valence-electron chi connectivity index (χ2n) is 7.76. The Balaban J connectivity index is 1.59. The van der Waals surface area contributed by atoms with Crippen molar-refractivity contribution in [1.82, 2.24) is 10.2 Å². The van der Waals surface area contributed by atoms with E-state index in [1.54, 1.807) is 12.1 Å². The predicted octanol–water partition coefficient (Wildman–Crippen LogP) is 2.45. The first-order chi connectivity index (χ1) is 14.8. The van der Waals surface area contributed by atoms with E-state index in [-0.39, 0.29) is 18.4 Å².